The smallest absolute Gasteiger partial charge is 0.288 e. The van der Waals surface area contributed by atoms with Crippen LogP contribution in [-0.4, -0.2) is 60.3 Å². The van der Waals surface area contributed by atoms with Crippen LogP contribution in [0.25, 0.3) is 0 Å². The van der Waals surface area contributed by atoms with Crippen molar-refractivity contribution < 1.29 is 9.53 Å². The van der Waals surface area contributed by atoms with Crippen LogP contribution >= 0.6 is 0 Å². The Balaban J connectivity index is 1.41. The van der Waals surface area contributed by atoms with E-state index in [4.69, 9.17) is 4.74 Å². The van der Waals surface area contributed by atoms with Crippen LogP contribution < -0.4 is 15.5 Å². The molecule has 0 bridgehead atoms. The molecule has 154 valence electrons. The van der Waals surface area contributed by atoms with Gasteiger partial charge in [0.15, 0.2) is 0 Å². The molecule has 3 aliphatic rings. The molecular formula is C21H33N5O2. The van der Waals surface area contributed by atoms with Crippen molar-refractivity contribution in [3.05, 3.63) is 17.1 Å². The number of hydrogen-bond donors (Lipinski definition) is 2. The number of carbonyl (C=O) groups excluding carboxylic acids is 1. The lowest BCUT2D eigenvalue weighted by atomic mass is 9.88. The van der Waals surface area contributed by atoms with Gasteiger partial charge >= 0.3 is 0 Å². The minimum Gasteiger partial charge on any atom is -0.375 e. The average Bonchev–Trinajstić information content (AvgIpc) is 3.33. The Kier molecular flexibility index (Phi) is 5.56. The molecule has 7 nitrogen and oxygen atoms in total. The van der Waals surface area contributed by atoms with E-state index >= 15 is 0 Å². The number of nitrogens with zero attached hydrogens (tertiary/aromatic N) is 3. The summed E-state index contributed by atoms with van der Waals surface area (Å²) in [6, 6.07) is 1.01. The van der Waals surface area contributed by atoms with E-state index in [-0.39, 0.29) is 17.3 Å². The topological polar surface area (TPSA) is 79.4 Å². The van der Waals surface area contributed by atoms with Crippen molar-refractivity contribution in [2.24, 2.45) is 0 Å². The summed E-state index contributed by atoms with van der Waals surface area (Å²) in [7, 11) is 1.61. The largest absolute Gasteiger partial charge is 0.375 e. The molecule has 1 amide bonds. The van der Waals surface area contributed by atoms with Crippen LogP contribution in [0.15, 0.2) is 0 Å². The lowest BCUT2D eigenvalue weighted by molar-refractivity contribution is -0.0845. The Bertz CT molecular complexity index is 732. The van der Waals surface area contributed by atoms with Gasteiger partial charge in [0.25, 0.3) is 5.91 Å². The highest BCUT2D eigenvalue weighted by Crippen LogP contribution is 2.40. The first-order valence-corrected chi connectivity index (χ1v) is 10.7. The quantitative estimate of drug-likeness (QED) is 0.824. The fraction of sp³-hybridized carbons (Fsp3) is 0.762. The van der Waals surface area contributed by atoms with Gasteiger partial charge in [-0.25, -0.2) is 9.97 Å². The fourth-order valence-electron chi connectivity index (χ4n) is 5.09. The maximum absolute atomic E-state index is 12.0. The van der Waals surface area contributed by atoms with Crippen LogP contribution in [0.4, 0.5) is 5.82 Å². The Morgan fingerprint density at radius 2 is 1.96 bits per heavy atom. The van der Waals surface area contributed by atoms with Crippen LogP contribution in [0.5, 0.6) is 0 Å². The Labute approximate surface area is 167 Å². The van der Waals surface area contributed by atoms with Crippen LogP contribution in [0.3, 0.4) is 0 Å². The van der Waals surface area contributed by atoms with E-state index in [1.807, 2.05) is 13.8 Å². The molecule has 1 aromatic heterocycles. The minimum atomic E-state index is -0.234. The number of aryl methyl sites for hydroxylation is 1. The van der Waals surface area contributed by atoms with Crippen LogP contribution in [-0.2, 0) is 4.74 Å². The summed E-state index contributed by atoms with van der Waals surface area (Å²) in [6.45, 7) is 6.75. The lowest BCUT2D eigenvalue weighted by Crippen LogP contribution is -2.49. The Morgan fingerprint density at radius 1 is 1.18 bits per heavy atom. The lowest BCUT2D eigenvalue weighted by Gasteiger charge is -2.39. The number of rotatable bonds is 4. The first-order valence-electron chi connectivity index (χ1n) is 10.7. The third-order valence-corrected chi connectivity index (χ3v) is 6.76. The monoisotopic (exact) mass is 387 g/mol. The SMILES string of the molecule is CNC(=O)c1nc(C)c(C)c(N2CC[C@@H](NC3CCOC4(CCCC4)C3)C2)n1. The van der Waals surface area contributed by atoms with E-state index in [1.165, 1.54) is 25.7 Å². The van der Waals surface area contributed by atoms with Gasteiger partial charge in [0.1, 0.15) is 5.82 Å². The van der Waals surface area contributed by atoms with Gasteiger partial charge in [-0.05, 0) is 46.0 Å². The summed E-state index contributed by atoms with van der Waals surface area (Å²) in [5.74, 6) is 0.918. The van der Waals surface area contributed by atoms with E-state index in [0.717, 1.165) is 56.0 Å². The molecule has 2 aliphatic heterocycles. The summed E-state index contributed by atoms with van der Waals surface area (Å²) in [4.78, 5) is 23.2. The van der Waals surface area contributed by atoms with E-state index in [9.17, 15) is 4.79 Å². The molecule has 1 spiro atoms. The second-order valence-corrected chi connectivity index (χ2v) is 8.69. The van der Waals surface area contributed by atoms with Crippen molar-refractivity contribution in [3.63, 3.8) is 0 Å². The molecule has 3 heterocycles. The molecule has 1 aromatic rings. The number of amides is 1. The second kappa shape index (κ2) is 7.95. The predicted molar refractivity (Wildman–Crippen MR) is 109 cm³/mol. The van der Waals surface area contributed by atoms with Crippen molar-refractivity contribution in [2.45, 2.75) is 76.5 Å². The number of hydrogen-bond acceptors (Lipinski definition) is 6. The Hall–Kier alpha value is -1.73. The zero-order valence-electron chi connectivity index (χ0n) is 17.4. The normalized spacial score (nSPS) is 26.8. The van der Waals surface area contributed by atoms with Gasteiger partial charge < -0.3 is 20.3 Å². The van der Waals surface area contributed by atoms with Gasteiger partial charge in [-0.15, -0.1) is 0 Å². The second-order valence-electron chi connectivity index (χ2n) is 8.69. The molecule has 0 aromatic carbocycles. The summed E-state index contributed by atoms with van der Waals surface area (Å²) in [5.41, 5.74) is 2.08. The summed E-state index contributed by atoms with van der Waals surface area (Å²) in [6.07, 6.45) is 8.42. The molecule has 1 unspecified atom stereocenters. The minimum absolute atomic E-state index is 0.150. The van der Waals surface area contributed by atoms with Crippen LogP contribution in [0.1, 0.15) is 66.8 Å². The molecule has 1 aliphatic carbocycles. The maximum atomic E-state index is 12.0. The van der Waals surface area contributed by atoms with Gasteiger partial charge in [-0.2, -0.15) is 0 Å². The molecule has 2 saturated heterocycles. The number of ether oxygens (including phenoxy) is 1. The number of anilines is 1. The molecular weight excluding hydrogens is 354 g/mol. The summed E-state index contributed by atoms with van der Waals surface area (Å²) < 4.78 is 6.18. The third kappa shape index (κ3) is 3.87. The van der Waals surface area contributed by atoms with Crippen molar-refractivity contribution in [1.82, 2.24) is 20.6 Å². The first kappa shape index (κ1) is 19.6. The highest BCUT2D eigenvalue weighted by molar-refractivity contribution is 5.90. The molecule has 7 heteroatoms. The number of nitrogens with one attached hydrogen (secondary N) is 2. The van der Waals surface area contributed by atoms with E-state index in [0.29, 0.717) is 12.1 Å². The highest BCUT2D eigenvalue weighted by atomic mass is 16.5. The van der Waals surface area contributed by atoms with E-state index in [2.05, 4.69) is 25.5 Å². The number of aromatic nitrogens is 2. The molecule has 0 radical (unpaired) electrons. The first-order chi connectivity index (χ1) is 13.5. The van der Waals surface area contributed by atoms with Crippen molar-refractivity contribution in [3.8, 4) is 0 Å². The standard InChI is InChI=1S/C21H33N5O2/c1-14-15(2)23-18(20(27)22-3)25-19(14)26-10-6-17(13-26)24-16-7-11-28-21(12-16)8-4-5-9-21/h16-17,24H,4-13H2,1-3H3,(H,22,27)/t16?,17-/m1/s1. The zero-order chi connectivity index (χ0) is 19.7. The van der Waals surface area contributed by atoms with E-state index in [1.54, 1.807) is 7.05 Å². The molecule has 2 atom stereocenters. The van der Waals surface area contributed by atoms with Crippen LogP contribution in [0, 0.1) is 13.8 Å². The summed E-state index contributed by atoms with van der Waals surface area (Å²) >= 11 is 0. The predicted octanol–water partition coefficient (Wildman–Crippen LogP) is 2.11. The molecule has 2 N–H and O–H groups in total. The highest BCUT2D eigenvalue weighted by Gasteiger charge is 2.40. The fourth-order valence-corrected chi connectivity index (χ4v) is 5.09. The van der Waals surface area contributed by atoms with Gasteiger partial charge in [0.2, 0.25) is 5.82 Å². The van der Waals surface area contributed by atoms with Crippen molar-refractivity contribution in [2.75, 3.05) is 31.6 Å². The van der Waals surface area contributed by atoms with Gasteiger partial charge in [-0.3, -0.25) is 4.79 Å². The maximum Gasteiger partial charge on any atom is 0.288 e. The van der Waals surface area contributed by atoms with Crippen molar-refractivity contribution in [1.29, 1.82) is 0 Å². The summed E-state index contributed by atoms with van der Waals surface area (Å²) in [5, 5.41) is 6.53. The van der Waals surface area contributed by atoms with Crippen molar-refractivity contribution >= 4 is 11.7 Å². The molecule has 4 rings (SSSR count). The van der Waals surface area contributed by atoms with E-state index < -0.39 is 0 Å². The molecule has 28 heavy (non-hydrogen) atoms. The van der Waals surface area contributed by atoms with Gasteiger partial charge in [0.05, 0.1) is 5.60 Å². The zero-order valence-corrected chi connectivity index (χ0v) is 17.4. The number of carbonyl (C=O) groups is 1. The van der Waals surface area contributed by atoms with Crippen LogP contribution in [0.2, 0.25) is 0 Å². The van der Waals surface area contributed by atoms with Gasteiger partial charge in [-0.1, -0.05) is 12.8 Å². The third-order valence-electron chi connectivity index (χ3n) is 6.76. The molecule has 3 fully saturated rings. The van der Waals surface area contributed by atoms with Gasteiger partial charge in [0, 0.05) is 50.1 Å². The average molecular weight is 388 g/mol. The Morgan fingerprint density at radius 3 is 2.71 bits per heavy atom. The molecule has 1 saturated carbocycles.